The number of rotatable bonds is 5. The Labute approximate surface area is 127 Å². The fraction of sp³-hybridized carbons (Fsp3) is 0.588. The highest BCUT2D eigenvalue weighted by Gasteiger charge is 2.21. The van der Waals surface area contributed by atoms with E-state index in [2.05, 4.69) is 28.0 Å². The van der Waals surface area contributed by atoms with Crippen molar-refractivity contribution in [3.8, 4) is 11.8 Å². The van der Waals surface area contributed by atoms with Gasteiger partial charge in [0.05, 0.1) is 18.6 Å². The molecule has 0 radical (unpaired) electrons. The minimum Gasteiger partial charge on any atom is -0.497 e. The number of piperazine rings is 1. The van der Waals surface area contributed by atoms with Crippen molar-refractivity contribution >= 4 is 5.69 Å². The first-order chi connectivity index (χ1) is 10.0. The van der Waals surface area contributed by atoms with Gasteiger partial charge in [0.2, 0.25) is 0 Å². The predicted octanol–water partition coefficient (Wildman–Crippen LogP) is 2.76. The molecule has 0 aliphatic carbocycles. The lowest BCUT2D eigenvalue weighted by Crippen LogP contribution is -2.47. The van der Waals surface area contributed by atoms with Crippen LogP contribution in [0.4, 0.5) is 5.69 Å². The maximum atomic E-state index is 9.07. The van der Waals surface area contributed by atoms with Crippen LogP contribution in [0.25, 0.3) is 0 Å². The zero-order valence-corrected chi connectivity index (χ0v) is 13.3. The van der Waals surface area contributed by atoms with Crippen molar-refractivity contribution in [2.75, 3.05) is 44.7 Å². The van der Waals surface area contributed by atoms with Crippen LogP contribution in [0.3, 0.4) is 0 Å². The molecule has 1 heterocycles. The molecule has 4 nitrogen and oxygen atoms in total. The van der Waals surface area contributed by atoms with Crippen LogP contribution in [0, 0.1) is 16.7 Å². The largest absolute Gasteiger partial charge is 0.497 e. The van der Waals surface area contributed by atoms with Crippen molar-refractivity contribution < 1.29 is 4.74 Å². The molecule has 1 aliphatic heterocycles. The van der Waals surface area contributed by atoms with Gasteiger partial charge in [0.15, 0.2) is 0 Å². The van der Waals surface area contributed by atoms with Crippen LogP contribution in [-0.2, 0) is 0 Å². The molecule has 0 bridgehead atoms. The number of methoxy groups -OCH3 is 1. The van der Waals surface area contributed by atoms with Gasteiger partial charge in [-0.2, -0.15) is 5.26 Å². The van der Waals surface area contributed by atoms with Gasteiger partial charge in [0.25, 0.3) is 0 Å². The summed E-state index contributed by atoms with van der Waals surface area (Å²) in [6.07, 6.45) is 0.937. The van der Waals surface area contributed by atoms with E-state index < -0.39 is 0 Å². The Kier molecular flexibility index (Phi) is 5.08. The second-order valence-electron chi connectivity index (χ2n) is 6.27. The summed E-state index contributed by atoms with van der Waals surface area (Å²) in [5.74, 6) is 0.899. The fourth-order valence-electron chi connectivity index (χ4n) is 2.52. The standard InChI is InChI=1S/C17H25N3O/c1-17(2,14-18)8-9-19-10-12-20(13-11-19)15-4-6-16(21-3)7-5-15/h4-7H,8-13H2,1-3H3. The molecule has 1 aliphatic rings. The van der Waals surface area contributed by atoms with Crippen LogP contribution in [-0.4, -0.2) is 44.7 Å². The van der Waals surface area contributed by atoms with Crippen molar-refractivity contribution in [1.29, 1.82) is 5.26 Å². The van der Waals surface area contributed by atoms with Crippen molar-refractivity contribution in [2.45, 2.75) is 20.3 Å². The first kappa shape index (κ1) is 15.7. The zero-order chi connectivity index (χ0) is 15.3. The topological polar surface area (TPSA) is 39.5 Å². The molecule has 2 rings (SSSR count). The highest BCUT2D eigenvalue weighted by Crippen LogP contribution is 2.22. The minimum atomic E-state index is -0.215. The number of hydrogen-bond donors (Lipinski definition) is 0. The molecule has 1 aromatic rings. The molecule has 21 heavy (non-hydrogen) atoms. The van der Waals surface area contributed by atoms with Crippen molar-refractivity contribution in [3.63, 3.8) is 0 Å². The Bertz CT molecular complexity index is 482. The molecule has 0 unspecified atom stereocenters. The maximum Gasteiger partial charge on any atom is 0.119 e. The molecule has 0 aromatic heterocycles. The van der Waals surface area contributed by atoms with Gasteiger partial charge in [-0.25, -0.2) is 0 Å². The lowest BCUT2D eigenvalue weighted by atomic mass is 9.91. The molecule has 4 heteroatoms. The van der Waals surface area contributed by atoms with Crippen LogP contribution >= 0.6 is 0 Å². The van der Waals surface area contributed by atoms with E-state index in [9.17, 15) is 0 Å². The molecule has 1 fully saturated rings. The monoisotopic (exact) mass is 287 g/mol. The Balaban J connectivity index is 1.81. The SMILES string of the molecule is COc1ccc(N2CCN(CCC(C)(C)C#N)CC2)cc1. The van der Waals surface area contributed by atoms with Gasteiger partial charge >= 0.3 is 0 Å². The summed E-state index contributed by atoms with van der Waals surface area (Å²) in [6.45, 7) is 9.25. The lowest BCUT2D eigenvalue weighted by molar-refractivity contribution is 0.230. The summed E-state index contributed by atoms with van der Waals surface area (Å²) in [5, 5.41) is 9.07. The van der Waals surface area contributed by atoms with E-state index in [-0.39, 0.29) is 5.41 Å². The molecular weight excluding hydrogens is 262 g/mol. The zero-order valence-electron chi connectivity index (χ0n) is 13.3. The van der Waals surface area contributed by atoms with Gasteiger partial charge < -0.3 is 9.64 Å². The normalized spacial score (nSPS) is 16.6. The smallest absolute Gasteiger partial charge is 0.119 e. The number of ether oxygens (including phenoxy) is 1. The summed E-state index contributed by atoms with van der Waals surface area (Å²) in [4.78, 5) is 4.87. The third-order valence-electron chi connectivity index (χ3n) is 4.17. The van der Waals surface area contributed by atoms with E-state index in [1.807, 2.05) is 26.0 Å². The molecule has 0 saturated carbocycles. The summed E-state index contributed by atoms with van der Waals surface area (Å²) in [5.41, 5.74) is 1.04. The highest BCUT2D eigenvalue weighted by molar-refractivity contribution is 5.49. The van der Waals surface area contributed by atoms with Crippen molar-refractivity contribution in [3.05, 3.63) is 24.3 Å². The third-order valence-corrected chi connectivity index (χ3v) is 4.17. The van der Waals surface area contributed by atoms with Crippen LogP contribution in [0.15, 0.2) is 24.3 Å². The number of nitrogens with zero attached hydrogens (tertiary/aromatic N) is 3. The fourth-order valence-corrected chi connectivity index (χ4v) is 2.52. The minimum absolute atomic E-state index is 0.215. The predicted molar refractivity (Wildman–Crippen MR) is 85.7 cm³/mol. The maximum absolute atomic E-state index is 9.07. The van der Waals surface area contributed by atoms with Gasteiger partial charge in [0, 0.05) is 31.9 Å². The van der Waals surface area contributed by atoms with Gasteiger partial charge in [-0.05, 0) is 51.1 Å². The van der Waals surface area contributed by atoms with Crippen LogP contribution in [0.2, 0.25) is 0 Å². The van der Waals surface area contributed by atoms with Crippen LogP contribution < -0.4 is 9.64 Å². The first-order valence-corrected chi connectivity index (χ1v) is 7.57. The average molecular weight is 287 g/mol. The van der Waals surface area contributed by atoms with Gasteiger partial charge in [-0.15, -0.1) is 0 Å². The van der Waals surface area contributed by atoms with Gasteiger partial charge in [-0.3, -0.25) is 4.90 Å². The summed E-state index contributed by atoms with van der Waals surface area (Å²) in [7, 11) is 1.69. The van der Waals surface area contributed by atoms with Crippen molar-refractivity contribution in [2.24, 2.45) is 5.41 Å². The van der Waals surface area contributed by atoms with Crippen LogP contribution in [0.5, 0.6) is 5.75 Å². The summed E-state index contributed by atoms with van der Waals surface area (Å²) in [6, 6.07) is 10.6. The molecule has 0 amide bonds. The van der Waals surface area contributed by atoms with E-state index in [4.69, 9.17) is 10.00 Å². The van der Waals surface area contributed by atoms with E-state index in [1.165, 1.54) is 5.69 Å². The molecule has 0 atom stereocenters. The van der Waals surface area contributed by atoms with Gasteiger partial charge in [-0.1, -0.05) is 0 Å². The second-order valence-corrected chi connectivity index (χ2v) is 6.27. The van der Waals surface area contributed by atoms with Crippen LogP contribution in [0.1, 0.15) is 20.3 Å². The molecular formula is C17H25N3O. The number of nitriles is 1. The average Bonchev–Trinajstić information content (AvgIpc) is 2.54. The molecule has 0 N–H and O–H groups in total. The summed E-state index contributed by atoms with van der Waals surface area (Å²) >= 11 is 0. The van der Waals surface area contributed by atoms with E-state index >= 15 is 0 Å². The quantitative estimate of drug-likeness (QED) is 0.835. The second kappa shape index (κ2) is 6.82. The summed E-state index contributed by atoms with van der Waals surface area (Å²) < 4.78 is 5.19. The molecule has 114 valence electrons. The van der Waals surface area contributed by atoms with E-state index in [0.29, 0.717) is 0 Å². The number of benzene rings is 1. The number of anilines is 1. The Hall–Kier alpha value is -1.73. The van der Waals surface area contributed by atoms with E-state index in [0.717, 1.165) is 44.9 Å². The van der Waals surface area contributed by atoms with E-state index in [1.54, 1.807) is 7.11 Å². The molecule has 1 saturated heterocycles. The van der Waals surface area contributed by atoms with Crippen molar-refractivity contribution in [1.82, 2.24) is 4.90 Å². The lowest BCUT2D eigenvalue weighted by Gasteiger charge is -2.36. The first-order valence-electron chi connectivity index (χ1n) is 7.57. The third kappa shape index (κ3) is 4.37. The molecule has 1 aromatic carbocycles. The molecule has 0 spiro atoms. The van der Waals surface area contributed by atoms with Gasteiger partial charge in [0.1, 0.15) is 5.75 Å². The highest BCUT2D eigenvalue weighted by atomic mass is 16.5. The Morgan fingerprint density at radius 2 is 1.76 bits per heavy atom. The number of hydrogen-bond acceptors (Lipinski definition) is 4. The Morgan fingerprint density at radius 3 is 2.29 bits per heavy atom. The Morgan fingerprint density at radius 1 is 1.14 bits per heavy atom.